The molecular weight excluding hydrogens is 407 g/mol. The van der Waals surface area contributed by atoms with Gasteiger partial charge in [-0.2, -0.15) is 13.2 Å². The van der Waals surface area contributed by atoms with Crippen molar-refractivity contribution in [2.75, 3.05) is 7.11 Å². The van der Waals surface area contributed by atoms with Crippen LogP contribution >= 0.6 is 22.9 Å². The van der Waals surface area contributed by atoms with Crippen LogP contribution in [-0.4, -0.2) is 21.6 Å². The molecule has 0 saturated heterocycles. The van der Waals surface area contributed by atoms with E-state index in [1.54, 1.807) is 6.92 Å². The lowest BCUT2D eigenvalue weighted by Gasteiger charge is -2.15. The number of nitrogens with zero attached hydrogens (tertiary/aromatic N) is 2. The first-order chi connectivity index (χ1) is 12.6. The Kier molecular flexibility index (Phi) is 4.87. The van der Waals surface area contributed by atoms with Crippen LogP contribution in [0.25, 0.3) is 16.3 Å². The fourth-order valence-electron chi connectivity index (χ4n) is 2.46. The van der Waals surface area contributed by atoms with Crippen molar-refractivity contribution in [2.45, 2.75) is 13.1 Å². The van der Waals surface area contributed by atoms with Gasteiger partial charge in [-0.15, -0.1) is 11.3 Å². The van der Waals surface area contributed by atoms with Crippen LogP contribution in [0.2, 0.25) is 5.02 Å². The van der Waals surface area contributed by atoms with Gasteiger partial charge in [0.2, 0.25) is 5.88 Å². The van der Waals surface area contributed by atoms with Gasteiger partial charge in [-0.1, -0.05) is 11.6 Å². The zero-order valence-electron chi connectivity index (χ0n) is 13.8. The summed E-state index contributed by atoms with van der Waals surface area (Å²) in [5, 5.41) is 0.656. The van der Waals surface area contributed by atoms with Crippen LogP contribution in [-0.2, 0) is 6.18 Å². The second-order valence-electron chi connectivity index (χ2n) is 5.41. The van der Waals surface area contributed by atoms with E-state index in [0.717, 1.165) is 4.88 Å². The van der Waals surface area contributed by atoms with Crippen molar-refractivity contribution in [1.29, 1.82) is 0 Å². The van der Waals surface area contributed by atoms with Crippen molar-refractivity contribution >= 4 is 22.9 Å². The van der Waals surface area contributed by atoms with Crippen molar-refractivity contribution in [3.8, 4) is 22.1 Å². The second-order valence-corrected chi connectivity index (χ2v) is 7.02. The number of hydrogen-bond donors (Lipinski definition) is 1. The number of aromatic amines is 1. The molecule has 0 atom stereocenters. The summed E-state index contributed by atoms with van der Waals surface area (Å²) in [4.78, 5) is 30.3. The van der Waals surface area contributed by atoms with Crippen LogP contribution in [0.15, 0.2) is 33.9 Å². The average molecular weight is 418 g/mol. The van der Waals surface area contributed by atoms with Gasteiger partial charge in [0, 0.05) is 11.6 Å². The quantitative estimate of drug-likeness (QED) is 0.706. The van der Waals surface area contributed by atoms with Gasteiger partial charge in [0.05, 0.1) is 22.7 Å². The third-order valence-corrected chi connectivity index (χ3v) is 4.93. The summed E-state index contributed by atoms with van der Waals surface area (Å²) >= 11 is 7.41. The SMILES string of the molecule is COc1nc(-c2cc(-n3c(C(F)(F)F)cc(=O)[nH]c3=O)ccc2Cl)sc1C. The number of methoxy groups -OCH3 is 1. The Balaban J connectivity index is 2.26. The maximum atomic E-state index is 13.3. The van der Waals surface area contributed by atoms with Gasteiger partial charge in [-0.25, -0.2) is 9.78 Å². The fraction of sp³-hybridized carbons (Fsp3) is 0.188. The summed E-state index contributed by atoms with van der Waals surface area (Å²) in [6, 6.07) is 4.23. The predicted octanol–water partition coefficient (Wildman–Crippen LogP) is 3.64. The zero-order chi connectivity index (χ0) is 19.9. The first kappa shape index (κ1) is 19.2. The van der Waals surface area contributed by atoms with Crippen molar-refractivity contribution < 1.29 is 17.9 Å². The summed E-state index contributed by atoms with van der Waals surface area (Å²) in [5.41, 5.74) is -3.53. The van der Waals surface area contributed by atoms with E-state index in [2.05, 4.69) is 4.98 Å². The second kappa shape index (κ2) is 6.86. The molecule has 0 aliphatic rings. The van der Waals surface area contributed by atoms with Crippen LogP contribution in [0.4, 0.5) is 13.2 Å². The van der Waals surface area contributed by atoms with Gasteiger partial charge in [0.1, 0.15) is 10.7 Å². The largest absolute Gasteiger partial charge is 0.480 e. The van der Waals surface area contributed by atoms with Gasteiger partial charge in [0.25, 0.3) is 5.56 Å². The highest BCUT2D eigenvalue weighted by molar-refractivity contribution is 7.15. The molecule has 2 aromatic heterocycles. The molecule has 0 bridgehead atoms. The number of benzene rings is 1. The molecule has 2 heterocycles. The smallest absolute Gasteiger partial charge is 0.432 e. The molecule has 1 aromatic carbocycles. The standard InChI is InChI=1S/C16H11ClF3N3O3S/c1-7-13(26-2)22-14(27-7)9-5-8(3-4-10(9)17)23-11(16(18,19)20)6-12(24)21-15(23)25/h3-6H,1-2H3,(H,21,24,25). The molecular formula is C16H11ClF3N3O3S. The molecule has 0 unspecified atom stereocenters. The Morgan fingerprint density at radius 1 is 1.26 bits per heavy atom. The Morgan fingerprint density at radius 3 is 2.56 bits per heavy atom. The minimum absolute atomic E-state index is 0.116. The highest BCUT2D eigenvalue weighted by atomic mass is 35.5. The predicted molar refractivity (Wildman–Crippen MR) is 95.1 cm³/mol. The lowest BCUT2D eigenvalue weighted by Crippen LogP contribution is -2.34. The monoisotopic (exact) mass is 417 g/mol. The molecule has 0 aliphatic heterocycles. The van der Waals surface area contributed by atoms with Gasteiger partial charge in [-0.05, 0) is 25.1 Å². The highest BCUT2D eigenvalue weighted by Crippen LogP contribution is 2.37. The maximum Gasteiger partial charge on any atom is 0.432 e. The van der Waals surface area contributed by atoms with Gasteiger partial charge in [-0.3, -0.25) is 14.3 Å². The van der Waals surface area contributed by atoms with E-state index >= 15 is 0 Å². The molecule has 0 saturated carbocycles. The number of aryl methyl sites for hydroxylation is 1. The van der Waals surface area contributed by atoms with E-state index in [1.165, 1.54) is 36.6 Å². The number of alkyl halides is 3. The summed E-state index contributed by atoms with van der Waals surface area (Å²) in [7, 11) is 1.44. The van der Waals surface area contributed by atoms with E-state index in [-0.39, 0.29) is 10.7 Å². The van der Waals surface area contributed by atoms with Crippen LogP contribution in [0.3, 0.4) is 0 Å². The molecule has 0 spiro atoms. The van der Waals surface area contributed by atoms with Gasteiger partial charge < -0.3 is 4.74 Å². The van der Waals surface area contributed by atoms with E-state index in [0.29, 0.717) is 27.1 Å². The lowest BCUT2D eigenvalue weighted by molar-refractivity contribution is -0.143. The number of hydrogen-bond acceptors (Lipinski definition) is 5. The van der Waals surface area contributed by atoms with E-state index in [4.69, 9.17) is 16.3 Å². The van der Waals surface area contributed by atoms with Crippen LogP contribution in [0.1, 0.15) is 10.6 Å². The van der Waals surface area contributed by atoms with Crippen LogP contribution in [0.5, 0.6) is 5.88 Å². The molecule has 6 nitrogen and oxygen atoms in total. The molecule has 142 valence electrons. The summed E-state index contributed by atoms with van der Waals surface area (Å²) < 4.78 is 45.5. The van der Waals surface area contributed by atoms with Crippen molar-refractivity contribution in [3.63, 3.8) is 0 Å². The Morgan fingerprint density at radius 2 is 1.96 bits per heavy atom. The van der Waals surface area contributed by atoms with E-state index in [9.17, 15) is 22.8 Å². The third-order valence-electron chi connectivity index (χ3n) is 3.62. The first-order valence-corrected chi connectivity index (χ1v) is 8.56. The normalized spacial score (nSPS) is 11.6. The number of ether oxygens (including phenoxy) is 1. The van der Waals surface area contributed by atoms with E-state index < -0.39 is 23.1 Å². The average Bonchev–Trinajstić information content (AvgIpc) is 2.95. The van der Waals surface area contributed by atoms with Crippen LogP contribution in [0, 0.1) is 6.92 Å². The van der Waals surface area contributed by atoms with Crippen LogP contribution < -0.4 is 16.0 Å². The maximum absolute atomic E-state index is 13.3. The molecule has 3 rings (SSSR count). The molecule has 11 heteroatoms. The van der Waals surface area contributed by atoms with Gasteiger partial charge in [0.15, 0.2) is 0 Å². The third kappa shape index (κ3) is 3.62. The summed E-state index contributed by atoms with van der Waals surface area (Å²) in [6.07, 6.45) is -4.91. The highest BCUT2D eigenvalue weighted by Gasteiger charge is 2.35. The van der Waals surface area contributed by atoms with Gasteiger partial charge >= 0.3 is 11.9 Å². The molecule has 3 aromatic rings. The summed E-state index contributed by atoms with van der Waals surface area (Å²) in [5.74, 6) is 0.369. The topological polar surface area (TPSA) is 77.0 Å². The molecule has 0 fully saturated rings. The molecule has 0 radical (unpaired) electrons. The van der Waals surface area contributed by atoms with Crippen molar-refractivity contribution in [3.05, 3.63) is 60.7 Å². The summed E-state index contributed by atoms with van der Waals surface area (Å²) in [6.45, 7) is 1.77. The van der Waals surface area contributed by atoms with Crippen molar-refractivity contribution in [1.82, 2.24) is 14.5 Å². The molecule has 0 aliphatic carbocycles. The minimum atomic E-state index is -4.91. The Labute approximate surface area is 158 Å². The first-order valence-electron chi connectivity index (χ1n) is 7.37. The fourth-order valence-corrected chi connectivity index (χ4v) is 3.64. The number of halogens is 4. The zero-order valence-corrected chi connectivity index (χ0v) is 15.4. The minimum Gasteiger partial charge on any atom is -0.480 e. The number of H-pyrrole nitrogens is 1. The number of aromatic nitrogens is 3. The molecule has 1 N–H and O–H groups in total. The van der Waals surface area contributed by atoms with E-state index in [1.807, 2.05) is 4.98 Å². The number of rotatable bonds is 3. The Bertz CT molecular complexity index is 1130. The molecule has 27 heavy (non-hydrogen) atoms. The Hall–Kier alpha value is -2.59. The van der Waals surface area contributed by atoms with Crippen molar-refractivity contribution in [2.24, 2.45) is 0 Å². The number of nitrogens with one attached hydrogen (secondary N) is 1. The number of thiazole rings is 1. The molecule has 0 amide bonds. The lowest BCUT2D eigenvalue weighted by atomic mass is 10.2.